The number of thiocarbonyl (C=S) groups is 1. The lowest BCUT2D eigenvalue weighted by molar-refractivity contribution is -0.122. The van der Waals surface area contributed by atoms with Crippen molar-refractivity contribution in [2.45, 2.75) is 25.5 Å². The summed E-state index contributed by atoms with van der Waals surface area (Å²) in [5.41, 5.74) is 0.450. The van der Waals surface area contributed by atoms with Crippen LogP contribution in [0.25, 0.3) is 6.08 Å². The molecule has 5 nitrogen and oxygen atoms in total. The van der Waals surface area contributed by atoms with Crippen molar-refractivity contribution in [1.82, 2.24) is 10.2 Å². The second kappa shape index (κ2) is 6.65. The molecular weight excluding hydrogens is 404 g/mol. The van der Waals surface area contributed by atoms with Gasteiger partial charge in [0.1, 0.15) is 29.6 Å². The summed E-state index contributed by atoms with van der Waals surface area (Å²) in [5.74, 6) is 1.93. The molecule has 1 saturated heterocycles. The Morgan fingerprint density at radius 2 is 2.20 bits per heavy atom. The maximum atomic E-state index is 12.4. The van der Waals surface area contributed by atoms with E-state index in [-0.39, 0.29) is 11.9 Å². The maximum absolute atomic E-state index is 12.4. The van der Waals surface area contributed by atoms with E-state index in [1.165, 1.54) is 0 Å². The van der Waals surface area contributed by atoms with Crippen LogP contribution in [0.15, 0.2) is 51.0 Å². The topological polar surface area (TPSA) is 54.7 Å². The number of carbonyl (C=O) groups excluding carboxylic acids is 1. The molecule has 0 radical (unpaired) electrons. The molecule has 1 aliphatic heterocycles. The highest BCUT2D eigenvalue weighted by Crippen LogP contribution is 2.31. The number of hydrogen-bond donors (Lipinski definition) is 1. The zero-order chi connectivity index (χ0) is 17.4. The van der Waals surface area contributed by atoms with Crippen LogP contribution in [-0.4, -0.2) is 22.0 Å². The van der Waals surface area contributed by atoms with Gasteiger partial charge in [-0.25, -0.2) is 0 Å². The molecular formula is C18H15BrN2O3S. The van der Waals surface area contributed by atoms with Crippen LogP contribution in [0.5, 0.6) is 5.75 Å². The van der Waals surface area contributed by atoms with E-state index in [4.69, 9.17) is 21.4 Å². The number of furan rings is 1. The zero-order valence-electron chi connectivity index (χ0n) is 13.2. The van der Waals surface area contributed by atoms with Crippen molar-refractivity contribution < 1.29 is 13.9 Å². The van der Waals surface area contributed by atoms with Gasteiger partial charge in [-0.15, -0.1) is 0 Å². The number of benzene rings is 1. The van der Waals surface area contributed by atoms with E-state index >= 15 is 0 Å². The third-order valence-corrected chi connectivity index (χ3v) is 4.76. The number of halogens is 1. The molecule has 2 aliphatic rings. The van der Waals surface area contributed by atoms with Crippen molar-refractivity contribution in [2.75, 3.05) is 0 Å². The molecule has 7 heteroatoms. The standard InChI is InChI=1S/C18H15BrN2O3S/c19-11-2-1-3-13(8-11)23-10-15-7-6-14(24-15)9-16-17(22)21(12-4-5-12)18(25)20-16/h1-3,6-9,12H,4-5,10H2,(H,20,25)/b16-9+. The fourth-order valence-electron chi connectivity index (χ4n) is 2.62. The molecule has 4 rings (SSSR count). The molecule has 2 aromatic rings. The molecule has 2 heterocycles. The maximum Gasteiger partial charge on any atom is 0.276 e. The first-order chi connectivity index (χ1) is 12.1. The van der Waals surface area contributed by atoms with Crippen molar-refractivity contribution in [2.24, 2.45) is 0 Å². The molecule has 1 amide bonds. The number of amides is 1. The summed E-state index contributed by atoms with van der Waals surface area (Å²) in [6.07, 6.45) is 3.71. The monoisotopic (exact) mass is 418 g/mol. The van der Waals surface area contributed by atoms with E-state index < -0.39 is 0 Å². The molecule has 2 fully saturated rings. The Morgan fingerprint density at radius 1 is 1.36 bits per heavy atom. The number of nitrogens with one attached hydrogen (secondary N) is 1. The number of rotatable bonds is 5. The van der Waals surface area contributed by atoms with E-state index in [9.17, 15) is 4.79 Å². The summed E-state index contributed by atoms with van der Waals surface area (Å²) >= 11 is 8.64. The first-order valence-corrected chi connectivity index (χ1v) is 9.13. The second-order valence-corrected chi connectivity index (χ2v) is 7.25. The third-order valence-electron chi connectivity index (χ3n) is 3.97. The van der Waals surface area contributed by atoms with E-state index in [0.29, 0.717) is 28.9 Å². The predicted molar refractivity (Wildman–Crippen MR) is 101 cm³/mol. The van der Waals surface area contributed by atoms with Gasteiger partial charge in [0.05, 0.1) is 0 Å². The van der Waals surface area contributed by atoms with Crippen LogP contribution in [0.1, 0.15) is 24.4 Å². The van der Waals surface area contributed by atoms with Gasteiger partial charge in [-0.05, 0) is 55.4 Å². The highest BCUT2D eigenvalue weighted by molar-refractivity contribution is 9.10. The first-order valence-electron chi connectivity index (χ1n) is 7.93. The van der Waals surface area contributed by atoms with Crippen LogP contribution in [-0.2, 0) is 11.4 Å². The molecule has 1 aromatic carbocycles. The zero-order valence-corrected chi connectivity index (χ0v) is 15.6. The molecule has 1 saturated carbocycles. The Hall–Kier alpha value is -2.12. The molecule has 1 aromatic heterocycles. The smallest absolute Gasteiger partial charge is 0.276 e. The normalized spacial score (nSPS) is 18.8. The summed E-state index contributed by atoms with van der Waals surface area (Å²) in [6, 6.07) is 11.5. The molecule has 0 bridgehead atoms. The van der Waals surface area contributed by atoms with E-state index in [1.807, 2.05) is 36.4 Å². The van der Waals surface area contributed by atoms with Crippen LogP contribution in [0.2, 0.25) is 0 Å². The fourth-order valence-corrected chi connectivity index (χ4v) is 3.34. The van der Waals surface area contributed by atoms with Gasteiger partial charge in [0.25, 0.3) is 5.91 Å². The van der Waals surface area contributed by atoms with Gasteiger partial charge in [0.15, 0.2) is 5.11 Å². The van der Waals surface area contributed by atoms with Gasteiger partial charge in [0.2, 0.25) is 0 Å². The third kappa shape index (κ3) is 3.62. The number of nitrogens with zero attached hydrogens (tertiary/aromatic N) is 1. The molecule has 0 unspecified atom stereocenters. The first kappa shape index (κ1) is 16.4. The molecule has 25 heavy (non-hydrogen) atoms. The molecule has 0 spiro atoms. The average Bonchev–Trinajstić information content (AvgIpc) is 3.24. The average molecular weight is 419 g/mol. The summed E-state index contributed by atoms with van der Waals surface area (Å²) in [6.45, 7) is 0.313. The summed E-state index contributed by atoms with van der Waals surface area (Å²) in [7, 11) is 0. The summed E-state index contributed by atoms with van der Waals surface area (Å²) in [5, 5.41) is 3.44. The van der Waals surface area contributed by atoms with Crippen molar-refractivity contribution in [3.63, 3.8) is 0 Å². The Balaban J connectivity index is 1.43. The minimum absolute atomic E-state index is 0.0872. The van der Waals surface area contributed by atoms with Crippen molar-refractivity contribution in [3.8, 4) is 5.75 Å². The van der Waals surface area contributed by atoms with Crippen molar-refractivity contribution in [1.29, 1.82) is 0 Å². The lowest BCUT2D eigenvalue weighted by Gasteiger charge is -2.11. The fraction of sp³-hybridized carbons (Fsp3) is 0.222. The van der Waals surface area contributed by atoms with E-state index in [1.54, 1.807) is 11.0 Å². The van der Waals surface area contributed by atoms with E-state index in [0.717, 1.165) is 23.1 Å². The van der Waals surface area contributed by atoms with Crippen molar-refractivity contribution >= 4 is 45.2 Å². The quantitative estimate of drug-likeness (QED) is 0.590. The molecule has 0 atom stereocenters. The molecule has 128 valence electrons. The van der Waals surface area contributed by atoms with Crippen LogP contribution in [0.3, 0.4) is 0 Å². The SMILES string of the molecule is O=C1/C(=C\c2ccc(COc3cccc(Br)c3)o2)NC(=S)N1C1CC1. The van der Waals surface area contributed by atoms with Gasteiger partial charge < -0.3 is 14.5 Å². The largest absolute Gasteiger partial charge is 0.486 e. The van der Waals surface area contributed by atoms with Crippen LogP contribution in [0, 0.1) is 0 Å². The van der Waals surface area contributed by atoms with Gasteiger partial charge in [-0.3, -0.25) is 9.69 Å². The van der Waals surface area contributed by atoms with Gasteiger partial charge in [0, 0.05) is 16.6 Å². The lowest BCUT2D eigenvalue weighted by atomic mass is 10.3. The Kier molecular flexibility index (Phi) is 4.35. The van der Waals surface area contributed by atoms with Gasteiger partial charge >= 0.3 is 0 Å². The second-order valence-electron chi connectivity index (χ2n) is 5.94. The highest BCUT2D eigenvalue weighted by atomic mass is 79.9. The Bertz CT molecular complexity index is 873. The highest BCUT2D eigenvalue weighted by Gasteiger charge is 2.41. The van der Waals surface area contributed by atoms with Crippen LogP contribution >= 0.6 is 28.1 Å². The van der Waals surface area contributed by atoms with Crippen LogP contribution < -0.4 is 10.1 Å². The molecule has 1 N–H and O–H groups in total. The molecule has 1 aliphatic carbocycles. The Morgan fingerprint density at radius 3 is 2.96 bits per heavy atom. The van der Waals surface area contributed by atoms with Crippen LogP contribution in [0.4, 0.5) is 0 Å². The summed E-state index contributed by atoms with van der Waals surface area (Å²) in [4.78, 5) is 14.0. The van der Waals surface area contributed by atoms with Gasteiger partial charge in [-0.2, -0.15) is 0 Å². The summed E-state index contributed by atoms with van der Waals surface area (Å²) < 4.78 is 12.4. The number of hydrogen-bond acceptors (Lipinski definition) is 4. The number of ether oxygens (including phenoxy) is 1. The minimum atomic E-state index is -0.0872. The predicted octanol–water partition coefficient (Wildman–Crippen LogP) is 3.84. The minimum Gasteiger partial charge on any atom is -0.486 e. The van der Waals surface area contributed by atoms with Crippen molar-refractivity contribution in [3.05, 3.63) is 58.1 Å². The van der Waals surface area contributed by atoms with E-state index in [2.05, 4.69) is 21.2 Å². The van der Waals surface area contributed by atoms with Gasteiger partial charge in [-0.1, -0.05) is 22.0 Å². The Labute approximate surface area is 158 Å². The number of carbonyl (C=O) groups is 1. The lowest BCUT2D eigenvalue weighted by Crippen LogP contribution is -2.32.